The average molecular weight is 322 g/mol. The van der Waals surface area contributed by atoms with Crippen LogP contribution < -0.4 is 10.2 Å². The van der Waals surface area contributed by atoms with Crippen LogP contribution in [0.25, 0.3) is 5.57 Å². The van der Waals surface area contributed by atoms with Crippen LogP contribution in [0.2, 0.25) is 0 Å². The number of fused-ring (bicyclic) bond motifs is 3. The van der Waals surface area contributed by atoms with Gasteiger partial charge in [0, 0.05) is 17.3 Å². The van der Waals surface area contributed by atoms with Crippen LogP contribution in [-0.4, -0.2) is 24.6 Å². The molecule has 0 bridgehead atoms. The number of carbonyl (C=O) groups excluding carboxylic acids is 1. The number of para-hydroxylation sites is 1. The molecule has 1 N–H and O–H groups in total. The van der Waals surface area contributed by atoms with Gasteiger partial charge in [-0.1, -0.05) is 41.6 Å². The number of aliphatic imine (C=N–C) groups is 1. The van der Waals surface area contributed by atoms with Crippen LogP contribution in [-0.2, 0) is 4.74 Å². The number of allylic oxidation sites excluding steroid dienone is 1. The van der Waals surface area contributed by atoms with Gasteiger partial charge >= 0.3 is 6.09 Å². The number of methoxy groups -OCH3 is 1. The zero-order chi connectivity index (χ0) is 15.0. The van der Waals surface area contributed by atoms with E-state index in [1.807, 2.05) is 30.5 Å². The molecule has 2 aliphatic rings. The number of anilines is 1. The molecule has 0 aliphatic carbocycles. The van der Waals surface area contributed by atoms with Crippen molar-refractivity contribution in [2.75, 3.05) is 18.3 Å². The number of nitrogens with one attached hydrogen (secondary N) is 1. The fraction of sp³-hybridized carbons (Fsp3) is 0.143. The molecule has 5 nitrogen and oxygen atoms in total. The highest BCUT2D eigenvalue weighted by molar-refractivity contribution is 8.13. The first-order valence-electron chi connectivity index (χ1n) is 6.14. The number of ether oxygens (including phenoxy) is 1. The third kappa shape index (κ3) is 2.20. The molecule has 0 fully saturated rings. The van der Waals surface area contributed by atoms with Crippen molar-refractivity contribution in [1.82, 2.24) is 5.32 Å². The number of amidine groups is 1. The van der Waals surface area contributed by atoms with Crippen molar-refractivity contribution >= 4 is 45.9 Å². The largest absolute Gasteiger partial charge is 0.452 e. The van der Waals surface area contributed by atoms with Crippen molar-refractivity contribution in [3.8, 4) is 0 Å². The lowest BCUT2D eigenvalue weighted by Crippen LogP contribution is -2.36. The van der Waals surface area contributed by atoms with Crippen molar-refractivity contribution in [3.05, 3.63) is 46.9 Å². The van der Waals surface area contributed by atoms with Crippen LogP contribution in [0, 0.1) is 0 Å². The predicted molar refractivity (Wildman–Crippen MR) is 86.3 cm³/mol. The van der Waals surface area contributed by atoms with Crippen molar-refractivity contribution in [2.45, 2.75) is 0 Å². The zero-order valence-electron chi connectivity index (χ0n) is 11.4. The minimum atomic E-state index is -0.533. The van der Waals surface area contributed by atoms with Crippen molar-refractivity contribution in [1.29, 1.82) is 0 Å². The van der Waals surface area contributed by atoms with Gasteiger partial charge in [-0.15, -0.1) is 0 Å². The van der Waals surface area contributed by atoms with Gasteiger partial charge in [0.25, 0.3) is 0 Å². The molecule has 0 atom stereocenters. The summed E-state index contributed by atoms with van der Waals surface area (Å²) in [4.78, 5) is 17.7. The van der Waals surface area contributed by atoms with Crippen LogP contribution in [0.4, 0.5) is 10.5 Å². The summed E-state index contributed by atoms with van der Waals surface area (Å²) in [5.74, 6) is 0. The van der Waals surface area contributed by atoms with Crippen molar-refractivity contribution in [2.24, 2.45) is 4.99 Å². The van der Waals surface area contributed by atoms with E-state index < -0.39 is 6.09 Å². The molecule has 1 amide bonds. The summed E-state index contributed by atoms with van der Waals surface area (Å²) in [6.07, 6.45) is 3.13. The molecule has 0 radical (unpaired) electrons. The van der Waals surface area contributed by atoms with E-state index in [0.717, 1.165) is 16.3 Å². The highest BCUT2D eigenvalue weighted by Crippen LogP contribution is 2.42. The lowest BCUT2D eigenvalue weighted by atomic mass is 9.97. The molecule has 0 aromatic heterocycles. The first kappa shape index (κ1) is 14.0. The van der Waals surface area contributed by atoms with Gasteiger partial charge in [-0.2, -0.15) is 0 Å². The second-order valence-corrected chi connectivity index (χ2v) is 5.45. The van der Waals surface area contributed by atoms with E-state index in [2.05, 4.69) is 10.3 Å². The standard InChI is InChI=1S/C14H12ClN3O2S/c1-20-14(19)18-10-6-4-3-5-8(10)9-7-16-13(21-2)17-11(9)12(18)15/h3-7H,1-2H3,(H,16,17). The maximum Gasteiger partial charge on any atom is 0.419 e. The summed E-state index contributed by atoms with van der Waals surface area (Å²) in [5.41, 5.74) is 3.06. The van der Waals surface area contributed by atoms with Gasteiger partial charge in [-0.05, 0) is 12.3 Å². The lowest BCUT2D eigenvalue weighted by molar-refractivity contribution is 0.181. The van der Waals surface area contributed by atoms with E-state index >= 15 is 0 Å². The Balaban J connectivity index is 2.22. The lowest BCUT2D eigenvalue weighted by Gasteiger charge is -2.32. The van der Waals surface area contributed by atoms with Crippen LogP contribution in [0.5, 0.6) is 0 Å². The molecule has 21 heavy (non-hydrogen) atoms. The first-order valence-corrected chi connectivity index (χ1v) is 7.74. The van der Waals surface area contributed by atoms with E-state index in [1.54, 1.807) is 6.20 Å². The first-order chi connectivity index (χ1) is 10.2. The van der Waals surface area contributed by atoms with E-state index in [1.165, 1.54) is 23.8 Å². The van der Waals surface area contributed by atoms with Crippen LogP contribution in [0.1, 0.15) is 5.56 Å². The molecular formula is C14H12ClN3O2S. The van der Waals surface area contributed by atoms with Gasteiger partial charge in [0.1, 0.15) is 5.16 Å². The topological polar surface area (TPSA) is 53.9 Å². The summed E-state index contributed by atoms with van der Waals surface area (Å²) in [6.45, 7) is 0. The number of halogens is 1. The van der Waals surface area contributed by atoms with Gasteiger partial charge in [0.05, 0.1) is 18.5 Å². The summed E-state index contributed by atoms with van der Waals surface area (Å²) < 4.78 is 4.84. The summed E-state index contributed by atoms with van der Waals surface area (Å²) in [5, 5.41) is 4.14. The number of rotatable bonds is 0. The summed E-state index contributed by atoms with van der Waals surface area (Å²) >= 11 is 7.88. The van der Waals surface area contributed by atoms with Gasteiger partial charge in [-0.25, -0.2) is 14.7 Å². The number of thioether (sulfide) groups is 1. The third-order valence-electron chi connectivity index (χ3n) is 3.20. The molecule has 0 saturated carbocycles. The molecule has 1 aromatic carbocycles. The fourth-order valence-corrected chi connectivity index (χ4v) is 2.92. The van der Waals surface area contributed by atoms with E-state index in [-0.39, 0.29) is 5.16 Å². The Labute approximate surface area is 131 Å². The zero-order valence-corrected chi connectivity index (χ0v) is 13.0. The maximum atomic E-state index is 12.1. The predicted octanol–water partition coefficient (Wildman–Crippen LogP) is 3.34. The molecule has 0 unspecified atom stereocenters. The molecule has 2 aliphatic heterocycles. The Bertz CT molecular complexity index is 712. The Hall–Kier alpha value is -1.92. The molecule has 0 spiro atoms. The van der Waals surface area contributed by atoms with Gasteiger partial charge in [0.15, 0.2) is 5.17 Å². The third-order valence-corrected chi connectivity index (χ3v) is 4.15. The smallest absolute Gasteiger partial charge is 0.419 e. The number of hydrogen-bond donors (Lipinski definition) is 1. The normalized spacial score (nSPS) is 16.4. The van der Waals surface area contributed by atoms with E-state index in [9.17, 15) is 4.79 Å². The minimum Gasteiger partial charge on any atom is -0.452 e. The SMILES string of the molecule is COC(=O)N1C(Cl)=C2NC(SC)=NC=C2c2ccccc21. The monoisotopic (exact) mass is 321 g/mol. The number of hydrogen-bond acceptors (Lipinski definition) is 5. The van der Waals surface area contributed by atoms with Crippen LogP contribution >= 0.6 is 23.4 Å². The van der Waals surface area contributed by atoms with Gasteiger partial charge in [-0.3, -0.25) is 0 Å². The summed E-state index contributed by atoms with van der Waals surface area (Å²) in [6, 6.07) is 7.49. The van der Waals surface area contributed by atoms with E-state index in [4.69, 9.17) is 16.3 Å². The second kappa shape index (κ2) is 5.46. The molecule has 0 saturated heterocycles. The Kier molecular flexibility index (Phi) is 3.65. The highest BCUT2D eigenvalue weighted by Gasteiger charge is 2.34. The highest BCUT2D eigenvalue weighted by atomic mass is 35.5. The number of carbonyl (C=O) groups is 1. The maximum absolute atomic E-state index is 12.1. The summed E-state index contributed by atoms with van der Waals surface area (Å²) in [7, 11) is 1.33. The Morgan fingerprint density at radius 1 is 1.43 bits per heavy atom. The van der Waals surface area contributed by atoms with E-state index in [0.29, 0.717) is 11.4 Å². The van der Waals surface area contributed by atoms with Crippen LogP contribution in [0.3, 0.4) is 0 Å². The quantitative estimate of drug-likeness (QED) is 0.745. The van der Waals surface area contributed by atoms with Crippen molar-refractivity contribution in [3.63, 3.8) is 0 Å². The molecule has 108 valence electrons. The number of benzene rings is 1. The molecule has 7 heteroatoms. The average Bonchev–Trinajstić information content (AvgIpc) is 2.54. The fourth-order valence-electron chi connectivity index (χ4n) is 2.25. The molecule has 1 aromatic rings. The van der Waals surface area contributed by atoms with Crippen molar-refractivity contribution < 1.29 is 9.53 Å². The Morgan fingerprint density at radius 2 is 2.19 bits per heavy atom. The minimum absolute atomic E-state index is 0.272. The molecular weight excluding hydrogens is 310 g/mol. The van der Waals surface area contributed by atoms with Crippen LogP contribution in [0.15, 0.2) is 46.3 Å². The van der Waals surface area contributed by atoms with Gasteiger partial charge < -0.3 is 10.1 Å². The molecule has 2 heterocycles. The molecule has 3 rings (SSSR count). The number of nitrogens with zero attached hydrogens (tertiary/aromatic N) is 2. The second-order valence-electron chi connectivity index (χ2n) is 4.29. The Morgan fingerprint density at radius 3 is 2.90 bits per heavy atom. The number of amides is 1. The van der Waals surface area contributed by atoms with Gasteiger partial charge in [0.2, 0.25) is 0 Å².